The minimum atomic E-state index is -0.482. The van der Waals surface area contributed by atoms with Gasteiger partial charge in [0.2, 0.25) is 0 Å². The van der Waals surface area contributed by atoms with Crippen molar-refractivity contribution in [3.8, 4) is 11.5 Å². The summed E-state index contributed by atoms with van der Waals surface area (Å²) in [5, 5.41) is 3.27. The zero-order valence-electron chi connectivity index (χ0n) is 12.7. The molecule has 0 radical (unpaired) electrons. The molecule has 1 heterocycles. The van der Waals surface area contributed by atoms with Crippen molar-refractivity contribution in [2.45, 2.75) is 26.0 Å². The number of nitrogens with one attached hydrogen (secondary N) is 1. The molecular weight excluding hydrogens is 292 g/mol. The molecule has 1 saturated heterocycles. The van der Waals surface area contributed by atoms with Gasteiger partial charge in [-0.05, 0) is 38.1 Å². The lowest BCUT2D eigenvalue weighted by Gasteiger charge is -2.35. The highest BCUT2D eigenvalue weighted by Crippen LogP contribution is 2.19. The second-order valence-corrected chi connectivity index (χ2v) is 5.02. The summed E-state index contributed by atoms with van der Waals surface area (Å²) in [6.07, 6.45) is -0.482. The molecule has 1 aliphatic heterocycles. The van der Waals surface area contributed by atoms with E-state index in [4.69, 9.17) is 9.47 Å². The highest BCUT2D eigenvalue weighted by Gasteiger charge is 2.27. The van der Waals surface area contributed by atoms with Gasteiger partial charge in [0.1, 0.15) is 11.5 Å². The molecule has 1 N–H and O–H groups in total. The lowest BCUT2D eigenvalue weighted by atomic mass is 10.2. The van der Waals surface area contributed by atoms with E-state index in [0.29, 0.717) is 5.75 Å². The number of piperazine rings is 1. The number of rotatable bonds is 4. The number of carbonyl (C=O) groups is 1. The molecule has 5 nitrogen and oxygen atoms in total. The molecule has 2 unspecified atom stereocenters. The van der Waals surface area contributed by atoms with Crippen LogP contribution < -0.4 is 14.8 Å². The summed E-state index contributed by atoms with van der Waals surface area (Å²) in [6.45, 7) is 6.24. The summed E-state index contributed by atoms with van der Waals surface area (Å²) in [7, 11) is 1.62. The van der Waals surface area contributed by atoms with Crippen molar-refractivity contribution in [2.24, 2.45) is 0 Å². The quantitative estimate of drug-likeness (QED) is 0.919. The smallest absolute Gasteiger partial charge is 0.263 e. The molecule has 1 amide bonds. The first-order valence-corrected chi connectivity index (χ1v) is 6.93. The minimum Gasteiger partial charge on any atom is -0.497 e. The van der Waals surface area contributed by atoms with Crippen molar-refractivity contribution in [2.75, 3.05) is 26.7 Å². The van der Waals surface area contributed by atoms with Crippen LogP contribution in [0, 0.1) is 0 Å². The molecule has 1 fully saturated rings. The van der Waals surface area contributed by atoms with Crippen LogP contribution in [0.1, 0.15) is 13.8 Å². The zero-order valence-corrected chi connectivity index (χ0v) is 13.5. The molecule has 1 aliphatic rings. The number of ether oxygens (including phenoxy) is 2. The van der Waals surface area contributed by atoms with E-state index in [1.54, 1.807) is 14.0 Å². The van der Waals surface area contributed by atoms with Gasteiger partial charge in [-0.15, -0.1) is 12.4 Å². The Kier molecular flexibility index (Phi) is 6.78. The Labute approximate surface area is 132 Å². The molecule has 1 aromatic rings. The maximum atomic E-state index is 12.4. The van der Waals surface area contributed by atoms with Crippen molar-refractivity contribution < 1.29 is 14.3 Å². The SMILES string of the molecule is COc1ccc(OC(C)C(=O)N2CCNCC2C)cc1.Cl. The minimum absolute atomic E-state index is 0. The van der Waals surface area contributed by atoms with E-state index in [0.717, 1.165) is 25.4 Å². The molecule has 2 rings (SSSR count). The van der Waals surface area contributed by atoms with Crippen LogP contribution in [0.25, 0.3) is 0 Å². The molecule has 0 bridgehead atoms. The molecule has 21 heavy (non-hydrogen) atoms. The van der Waals surface area contributed by atoms with E-state index in [1.807, 2.05) is 36.1 Å². The van der Waals surface area contributed by atoms with Crippen LogP contribution in [0.4, 0.5) is 0 Å². The fourth-order valence-electron chi connectivity index (χ4n) is 2.31. The third-order valence-electron chi connectivity index (χ3n) is 3.50. The number of nitrogens with zero attached hydrogens (tertiary/aromatic N) is 1. The standard InChI is InChI=1S/C15H22N2O3.ClH/c1-11-10-16-8-9-17(11)15(18)12(2)20-14-6-4-13(19-3)5-7-14;/h4-7,11-12,16H,8-10H2,1-3H3;1H. The van der Waals surface area contributed by atoms with E-state index < -0.39 is 6.10 Å². The molecule has 1 aromatic carbocycles. The predicted molar refractivity (Wildman–Crippen MR) is 84.4 cm³/mol. The third kappa shape index (κ3) is 4.51. The van der Waals surface area contributed by atoms with Crippen molar-refractivity contribution in [3.05, 3.63) is 24.3 Å². The highest BCUT2D eigenvalue weighted by molar-refractivity contribution is 5.85. The Morgan fingerprint density at radius 1 is 1.33 bits per heavy atom. The van der Waals surface area contributed by atoms with Gasteiger partial charge in [-0.3, -0.25) is 4.79 Å². The molecule has 0 aromatic heterocycles. The zero-order chi connectivity index (χ0) is 14.5. The molecule has 6 heteroatoms. The Balaban J connectivity index is 0.00000220. The Morgan fingerprint density at radius 3 is 2.52 bits per heavy atom. The third-order valence-corrected chi connectivity index (χ3v) is 3.50. The molecule has 0 saturated carbocycles. The van der Waals surface area contributed by atoms with E-state index in [1.165, 1.54) is 0 Å². The first-order valence-electron chi connectivity index (χ1n) is 6.93. The second-order valence-electron chi connectivity index (χ2n) is 5.02. The lowest BCUT2D eigenvalue weighted by molar-refractivity contribution is -0.140. The summed E-state index contributed by atoms with van der Waals surface area (Å²) < 4.78 is 10.8. The van der Waals surface area contributed by atoms with Crippen molar-refractivity contribution in [1.82, 2.24) is 10.2 Å². The average molecular weight is 315 g/mol. The predicted octanol–water partition coefficient (Wildman–Crippen LogP) is 1.70. The van der Waals surface area contributed by atoms with Gasteiger partial charge < -0.3 is 19.7 Å². The fourth-order valence-corrected chi connectivity index (χ4v) is 2.31. The number of hydrogen-bond acceptors (Lipinski definition) is 4. The number of halogens is 1. The fraction of sp³-hybridized carbons (Fsp3) is 0.533. The van der Waals surface area contributed by atoms with Crippen molar-refractivity contribution >= 4 is 18.3 Å². The first-order chi connectivity index (χ1) is 9.61. The number of methoxy groups -OCH3 is 1. The van der Waals surface area contributed by atoms with Crippen LogP contribution >= 0.6 is 12.4 Å². The largest absolute Gasteiger partial charge is 0.497 e. The average Bonchev–Trinajstić information content (AvgIpc) is 2.48. The topological polar surface area (TPSA) is 50.8 Å². The number of hydrogen-bond donors (Lipinski definition) is 1. The normalized spacial score (nSPS) is 19.4. The Bertz CT molecular complexity index is 453. The molecule has 0 spiro atoms. The van der Waals surface area contributed by atoms with Gasteiger partial charge in [-0.25, -0.2) is 0 Å². The van der Waals surface area contributed by atoms with E-state index >= 15 is 0 Å². The van der Waals surface area contributed by atoms with Crippen LogP contribution in [0.2, 0.25) is 0 Å². The van der Waals surface area contributed by atoms with E-state index in [2.05, 4.69) is 5.32 Å². The maximum Gasteiger partial charge on any atom is 0.263 e. The van der Waals surface area contributed by atoms with Gasteiger partial charge in [-0.2, -0.15) is 0 Å². The summed E-state index contributed by atoms with van der Waals surface area (Å²) >= 11 is 0. The van der Waals surface area contributed by atoms with Gasteiger partial charge >= 0.3 is 0 Å². The van der Waals surface area contributed by atoms with Gasteiger partial charge in [0, 0.05) is 25.7 Å². The van der Waals surface area contributed by atoms with Crippen LogP contribution in [-0.4, -0.2) is 49.7 Å². The van der Waals surface area contributed by atoms with Gasteiger partial charge in [0.15, 0.2) is 6.10 Å². The van der Waals surface area contributed by atoms with Gasteiger partial charge in [-0.1, -0.05) is 0 Å². The van der Waals surface area contributed by atoms with Gasteiger partial charge in [0.05, 0.1) is 7.11 Å². The Hall–Kier alpha value is -1.46. The molecule has 118 valence electrons. The summed E-state index contributed by atoms with van der Waals surface area (Å²) in [5.74, 6) is 1.48. The van der Waals surface area contributed by atoms with Crippen LogP contribution in [0.3, 0.4) is 0 Å². The van der Waals surface area contributed by atoms with E-state index in [9.17, 15) is 4.79 Å². The van der Waals surface area contributed by atoms with Crippen molar-refractivity contribution in [1.29, 1.82) is 0 Å². The molecule has 0 aliphatic carbocycles. The monoisotopic (exact) mass is 314 g/mol. The van der Waals surface area contributed by atoms with Crippen LogP contribution in [0.5, 0.6) is 11.5 Å². The van der Waals surface area contributed by atoms with Crippen LogP contribution in [0.15, 0.2) is 24.3 Å². The highest BCUT2D eigenvalue weighted by atomic mass is 35.5. The first kappa shape index (κ1) is 17.6. The lowest BCUT2D eigenvalue weighted by Crippen LogP contribution is -2.55. The maximum absolute atomic E-state index is 12.4. The molecular formula is C15H23ClN2O3. The summed E-state index contributed by atoms with van der Waals surface area (Å²) in [6, 6.07) is 7.46. The number of benzene rings is 1. The number of carbonyl (C=O) groups excluding carboxylic acids is 1. The number of amides is 1. The van der Waals surface area contributed by atoms with Crippen LogP contribution in [-0.2, 0) is 4.79 Å². The second kappa shape index (κ2) is 8.10. The van der Waals surface area contributed by atoms with E-state index in [-0.39, 0.29) is 24.4 Å². The summed E-state index contributed by atoms with van der Waals surface area (Å²) in [4.78, 5) is 14.3. The summed E-state index contributed by atoms with van der Waals surface area (Å²) in [5.41, 5.74) is 0. The Morgan fingerprint density at radius 2 is 1.95 bits per heavy atom. The van der Waals surface area contributed by atoms with Gasteiger partial charge in [0.25, 0.3) is 5.91 Å². The van der Waals surface area contributed by atoms with Crippen molar-refractivity contribution in [3.63, 3.8) is 0 Å². The molecule has 2 atom stereocenters.